The SMILES string of the molecule is Cc1ccc(-c2cc(F)c(C(F)(F)Oc3ccc(-c4ccc(F)c(F)c4)c(F)c3)c(F)c2)c(F)c1. The van der Waals surface area contributed by atoms with E-state index in [4.69, 9.17) is 0 Å². The van der Waals surface area contributed by atoms with Gasteiger partial charge in [-0.3, -0.25) is 0 Å². The van der Waals surface area contributed by atoms with E-state index in [-0.39, 0.29) is 22.3 Å². The van der Waals surface area contributed by atoms with Crippen LogP contribution in [-0.2, 0) is 6.11 Å². The van der Waals surface area contributed by atoms with Gasteiger partial charge in [0.05, 0.1) is 0 Å². The van der Waals surface area contributed by atoms with Gasteiger partial charge >= 0.3 is 6.11 Å². The van der Waals surface area contributed by atoms with Crippen molar-refractivity contribution in [2.45, 2.75) is 13.0 Å². The molecule has 1 nitrogen and oxygen atoms in total. The summed E-state index contributed by atoms with van der Waals surface area (Å²) >= 11 is 0. The number of hydrogen-bond acceptors (Lipinski definition) is 1. The Bertz CT molecular complexity index is 1410. The highest BCUT2D eigenvalue weighted by atomic mass is 19.3. The fourth-order valence-electron chi connectivity index (χ4n) is 3.52. The van der Waals surface area contributed by atoms with Gasteiger partial charge in [-0.25, -0.2) is 26.3 Å². The molecule has 35 heavy (non-hydrogen) atoms. The molecule has 0 aliphatic carbocycles. The monoisotopic (exact) mass is 494 g/mol. The normalized spacial score (nSPS) is 11.6. The topological polar surface area (TPSA) is 9.23 Å². The van der Waals surface area contributed by atoms with Crippen LogP contribution in [0.1, 0.15) is 11.1 Å². The van der Waals surface area contributed by atoms with Crippen LogP contribution in [0.25, 0.3) is 22.3 Å². The standard InChI is InChI=1S/C26H14F8O/c1-13-2-5-18(20(28)8-13)15-10-23(31)25(24(32)11-15)26(33,34)35-16-4-6-17(21(29)12-16)14-3-7-19(27)22(30)9-14/h2-12H,1H3. The molecule has 0 fully saturated rings. The lowest BCUT2D eigenvalue weighted by molar-refractivity contribution is -0.189. The molecular weight excluding hydrogens is 480 g/mol. The predicted octanol–water partition coefficient (Wildman–Crippen LogP) is 8.29. The third-order valence-corrected chi connectivity index (χ3v) is 5.19. The maximum absolute atomic E-state index is 14.7. The fraction of sp³-hybridized carbons (Fsp3) is 0.0769. The Hall–Kier alpha value is -3.88. The van der Waals surface area contributed by atoms with Crippen LogP contribution in [0.5, 0.6) is 5.75 Å². The van der Waals surface area contributed by atoms with E-state index in [1.807, 2.05) is 0 Å². The first-order chi connectivity index (χ1) is 16.5. The Morgan fingerprint density at radius 2 is 1.11 bits per heavy atom. The number of aryl methyl sites for hydroxylation is 1. The summed E-state index contributed by atoms with van der Waals surface area (Å²) in [6, 6.07) is 9.84. The van der Waals surface area contributed by atoms with Gasteiger partial charge in [-0.2, -0.15) is 8.78 Å². The summed E-state index contributed by atoms with van der Waals surface area (Å²) in [5.74, 6) is -8.52. The summed E-state index contributed by atoms with van der Waals surface area (Å²) in [5, 5.41) is 0. The van der Waals surface area contributed by atoms with Crippen molar-refractivity contribution in [2.24, 2.45) is 0 Å². The van der Waals surface area contributed by atoms with Crippen LogP contribution in [0.3, 0.4) is 0 Å². The van der Waals surface area contributed by atoms with Crippen LogP contribution in [-0.4, -0.2) is 0 Å². The van der Waals surface area contributed by atoms with Gasteiger partial charge in [-0.05, 0) is 66.1 Å². The highest BCUT2D eigenvalue weighted by Crippen LogP contribution is 2.38. The van der Waals surface area contributed by atoms with Crippen molar-refractivity contribution in [3.05, 3.63) is 113 Å². The average Bonchev–Trinajstić information content (AvgIpc) is 2.75. The third kappa shape index (κ3) is 4.84. The second-order valence-electron chi connectivity index (χ2n) is 7.69. The van der Waals surface area contributed by atoms with Gasteiger partial charge in [0.2, 0.25) is 0 Å². The molecule has 0 N–H and O–H groups in total. The summed E-state index contributed by atoms with van der Waals surface area (Å²) < 4.78 is 118. The zero-order chi connectivity index (χ0) is 25.5. The first-order valence-corrected chi connectivity index (χ1v) is 10.0. The summed E-state index contributed by atoms with van der Waals surface area (Å²) in [6.07, 6.45) is -4.57. The molecule has 0 radical (unpaired) electrons. The molecule has 0 saturated heterocycles. The second kappa shape index (κ2) is 9.05. The summed E-state index contributed by atoms with van der Waals surface area (Å²) in [4.78, 5) is 0. The molecule has 4 aromatic carbocycles. The minimum absolute atomic E-state index is 0.0734. The molecule has 0 heterocycles. The van der Waals surface area contributed by atoms with Crippen molar-refractivity contribution < 1.29 is 39.9 Å². The number of rotatable bonds is 5. The molecule has 0 aromatic heterocycles. The van der Waals surface area contributed by atoms with E-state index in [0.29, 0.717) is 29.8 Å². The molecule has 0 aliphatic heterocycles. The van der Waals surface area contributed by atoms with Crippen molar-refractivity contribution in [3.63, 3.8) is 0 Å². The molecule has 0 bridgehead atoms. The molecule has 0 saturated carbocycles. The van der Waals surface area contributed by atoms with Crippen LogP contribution in [0.15, 0.2) is 66.7 Å². The zero-order valence-electron chi connectivity index (χ0n) is 17.8. The smallest absolute Gasteiger partial charge is 0.429 e. The predicted molar refractivity (Wildman–Crippen MR) is 113 cm³/mol. The van der Waals surface area contributed by atoms with Crippen molar-refractivity contribution >= 4 is 0 Å². The molecule has 0 amide bonds. The first kappa shape index (κ1) is 24.3. The first-order valence-electron chi connectivity index (χ1n) is 10.0. The molecular formula is C26H14F8O. The van der Waals surface area contributed by atoms with Gasteiger partial charge in [0.1, 0.15) is 34.6 Å². The quantitative estimate of drug-likeness (QED) is 0.254. The van der Waals surface area contributed by atoms with E-state index in [9.17, 15) is 35.1 Å². The van der Waals surface area contributed by atoms with Crippen LogP contribution in [0, 0.1) is 41.8 Å². The number of hydrogen-bond donors (Lipinski definition) is 0. The third-order valence-electron chi connectivity index (χ3n) is 5.19. The summed E-state index contributed by atoms with van der Waals surface area (Å²) in [5.41, 5.74) is -2.03. The van der Waals surface area contributed by atoms with Crippen molar-refractivity contribution in [3.8, 4) is 28.0 Å². The van der Waals surface area contributed by atoms with E-state index in [2.05, 4.69) is 4.74 Å². The molecule has 0 spiro atoms. The van der Waals surface area contributed by atoms with Gasteiger partial charge in [0, 0.05) is 17.2 Å². The minimum atomic E-state index is -4.57. The Kier molecular flexibility index (Phi) is 6.27. The van der Waals surface area contributed by atoms with E-state index in [1.165, 1.54) is 12.1 Å². The van der Waals surface area contributed by atoms with Crippen LogP contribution in [0.4, 0.5) is 35.1 Å². The number of benzene rings is 4. The number of ether oxygens (including phenoxy) is 1. The average molecular weight is 494 g/mol. The van der Waals surface area contributed by atoms with Gasteiger partial charge in [0.15, 0.2) is 11.6 Å². The van der Waals surface area contributed by atoms with E-state index in [1.54, 1.807) is 6.92 Å². The lowest BCUT2D eigenvalue weighted by Crippen LogP contribution is -2.25. The highest BCUT2D eigenvalue weighted by Gasteiger charge is 2.41. The van der Waals surface area contributed by atoms with Gasteiger partial charge in [-0.1, -0.05) is 18.2 Å². The van der Waals surface area contributed by atoms with Crippen LogP contribution >= 0.6 is 0 Å². The van der Waals surface area contributed by atoms with Gasteiger partial charge < -0.3 is 4.74 Å². The fourth-order valence-corrected chi connectivity index (χ4v) is 3.52. The Balaban J connectivity index is 1.64. The van der Waals surface area contributed by atoms with E-state index >= 15 is 0 Å². The van der Waals surface area contributed by atoms with E-state index < -0.39 is 52.3 Å². The van der Waals surface area contributed by atoms with Crippen molar-refractivity contribution in [2.75, 3.05) is 0 Å². The number of alkyl halides is 2. The Morgan fingerprint density at radius 3 is 1.71 bits per heavy atom. The van der Waals surface area contributed by atoms with E-state index in [0.717, 1.165) is 30.3 Å². The molecule has 0 aliphatic rings. The molecule has 4 aromatic rings. The molecule has 4 rings (SSSR count). The minimum Gasteiger partial charge on any atom is -0.429 e. The van der Waals surface area contributed by atoms with Crippen LogP contribution in [0.2, 0.25) is 0 Å². The van der Waals surface area contributed by atoms with Gasteiger partial charge in [0.25, 0.3) is 0 Å². The molecule has 180 valence electrons. The summed E-state index contributed by atoms with van der Waals surface area (Å²) in [7, 11) is 0. The van der Waals surface area contributed by atoms with Crippen molar-refractivity contribution in [1.29, 1.82) is 0 Å². The zero-order valence-corrected chi connectivity index (χ0v) is 17.8. The second-order valence-corrected chi connectivity index (χ2v) is 7.69. The maximum atomic E-state index is 14.7. The molecule has 9 heteroatoms. The van der Waals surface area contributed by atoms with Crippen molar-refractivity contribution in [1.82, 2.24) is 0 Å². The largest absolute Gasteiger partial charge is 0.432 e. The maximum Gasteiger partial charge on any atom is 0.432 e. The number of halogens is 8. The Morgan fingerprint density at radius 1 is 0.543 bits per heavy atom. The van der Waals surface area contributed by atoms with Crippen LogP contribution < -0.4 is 4.74 Å². The summed E-state index contributed by atoms with van der Waals surface area (Å²) in [6.45, 7) is 1.60. The lowest BCUT2D eigenvalue weighted by atomic mass is 10.0. The molecule has 0 unspecified atom stereocenters. The molecule has 0 atom stereocenters. The van der Waals surface area contributed by atoms with Gasteiger partial charge in [-0.15, -0.1) is 0 Å². The highest BCUT2D eigenvalue weighted by molar-refractivity contribution is 5.66. The Labute approximate surface area is 194 Å². The lowest BCUT2D eigenvalue weighted by Gasteiger charge is -2.20.